The van der Waals surface area contributed by atoms with Gasteiger partial charge in [0.05, 0.1) is 5.03 Å². The van der Waals surface area contributed by atoms with Crippen LogP contribution in [0.25, 0.3) is 6.20 Å². The summed E-state index contributed by atoms with van der Waals surface area (Å²) >= 11 is 4.11. The molecule has 3 heteroatoms. The number of hydrogen-bond acceptors (Lipinski definition) is 2. The van der Waals surface area contributed by atoms with Crippen molar-refractivity contribution in [2.45, 2.75) is 11.9 Å². The van der Waals surface area contributed by atoms with Crippen molar-refractivity contribution in [1.82, 2.24) is 4.57 Å². The van der Waals surface area contributed by atoms with Gasteiger partial charge in [-0.25, -0.2) is 0 Å². The molecule has 0 atom stereocenters. The van der Waals surface area contributed by atoms with Crippen LogP contribution in [-0.4, -0.2) is 4.57 Å². The van der Waals surface area contributed by atoms with Crippen LogP contribution in [0.2, 0.25) is 0 Å². The first-order chi connectivity index (χ1) is 5.25. The Hall–Kier alpha value is -0.960. The molecule has 0 spiro atoms. The molecule has 58 valence electrons. The van der Waals surface area contributed by atoms with E-state index < -0.39 is 0 Å². The fourth-order valence-corrected chi connectivity index (χ4v) is 1.04. The molecule has 0 saturated heterocycles. The highest BCUT2D eigenvalue weighted by Gasteiger charge is 1.92. The zero-order valence-electron chi connectivity index (χ0n) is 6.19. The molecule has 0 bridgehead atoms. The number of pyridine rings is 1. The van der Waals surface area contributed by atoms with E-state index in [4.69, 9.17) is 0 Å². The predicted molar refractivity (Wildman–Crippen MR) is 49.0 cm³/mol. The lowest BCUT2D eigenvalue weighted by Gasteiger charge is -1.99. The van der Waals surface area contributed by atoms with Crippen LogP contribution in [0.4, 0.5) is 0 Å². The predicted octanol–water partition coefficient (Wildman–Crippen LogP) is 1.63. The quantitative estimate of drug-likeness (QED) is 0.631. The first-order valence-corrected chi connectivity index (χ1v) is 3.74. The summed E-state index contributed by atoms with van der Waals surface area (Å²) in [5.74, 6) is 0. The third kappa shape index (κ3) is 1.74. The van der Waals surface area contributed by atoms with Crippen molar-refractivity contribution in [3.05, 3.63) is 34.6 Å². The Labute approximate surface area is 70.6 Å². The summed E-state index contributed by atoms with van der Waals surface area (Å²) in [7, 11) is 0. The fraction of sp³-hybridized carbons (Fsp3) is 0.125. The summed E-state index contributed by atoms with van der Waals surface area (Å²) in [4.78, 5) is 11.1. The minimum atomic E-state index is -0.0596. The summed E-state index contributed by atoms with van der Waals surface area (Å²) in [6, 6.07) is 4.95. The molecule has 0 aromatic carbocycles. The van der Waals surface area contributed by atoms with Gasteiger partial charge in [0.1, 0.15) is 0 Å². The Morgan fingerprint density at radius 2 is 2.27 bits per heavy atom. The second-order valence-electron chi connectivity index (χ2n) is 2.07. The molecule has 0 aliphatic heterocycles. The van der Waals surface area contributed by atoms with Gasteiger partial charge in [-0.2, -0.15) is 0 Å². The van der Waals surface area contributed by atoms with Crippen LogP contribution in [0.15, 0.2) is 34.1 Å². The van der Waals surface area contributed by atoms with Gasteiger partial charge in [-0.05, 0) is 13.0 Å². The van der Waals surface area contributed by atoms with E-state index in [0.717, 1.165) is 0 Å². The van der Waals surface area contributed by atoms with Crippen molar-refractivity contribution in [3.63, 3.8) is 0 Å². The molecule has 1 heterocycles. The zero-order valence-corrected chi connectivity index (χ0v) is 7.08. The molecule has 1 rings (SSSR count). The minimum absolute atomic E-state index is 0.0596. The molecule has 0 N–H and O–H groups in total. The topological polar surface area (TPSA) is 22.0 Å². The van der Waals surface area contributed by atoms with E-state index >= 15 is 0 Å². The monoisotopic (exact) mass is 167 g/mol. The molecule has 0 unspecified atom stereocenters. The van der Waals surface area contributed by atoms with Gasteiger partial charge in [0, 0.05) is 12.3 Å². The minimum Gasteiger partial charge on any atom is -0.279 e. The number of hydrogen-bond donors (Lipinski definition) is 1. The number of nitrogens with zero attached hydrogens (tertiary/aromatic N) is 1. The van der Waals surface area contributed by atoms with E-state index in [2.05, 4.69) is 12.6 Å². The van der Waals surface area contributed by atoms with Gasteiger partial charge < -0.3 is 0 Å². The molecule has 0 saturated carbocycles. The van der Waals surface area contributed by atoms with E-state index in [9.17, 15) is 4.79 Å². The summed E-state index contributed by atoms with van der Waals surface area (Å²) in [6.07, 6.45) is 3.48. The number of allylic oxidation sites excluding steroid dienone is 1. The van der Waals surface area contributed by atoms with Crippen molar-refractivity contribution < 1.29 is 0 Å². The summed E-state index contributed by atoms with van der Waals surface area (Å²) in [5.41, 5.74) is -0.0596. The summed E-state index contributed by atoms with van der Waals surface area (Å²) in [6.45, 7) is 1.85. The average molecular weight is 167 g/mol. The first kappa shape index (κ1) is 8.14. The molecule has 0 aliphatic carbocycles. The highest BCUT2D eigenvalue weighted by atomic mass is 32.1. The van der Waals surface area contributed by atoms with Gasteiger partial charge in [0.25, 0.3) is 5.56 Å². The number of thiol groups is 1. The van der Waals surface area contributed by atoms with Crippen molar-refractivity contribution in [3.8, 4) is 0 Å². The Balaban J connectivity index is 3.32. The maximum atomic E-state index is 11.1. The van der Waals surface area contributed by atoms with E-state index in [-0.39, 0.29) is 5.56 Å². The van der Waals surface area contributed by atoms with E-state index in [1.54, 1.807) is 24.4 Å². The molecule has 11 heavy (non-hydrogen) atoms. The molecule has 1 aromatic rings. The standard InChI is InChI=1S/C8H9NOS/c1-2-6-9-7(10)4-3-5-8(9)11/h2-6,11H,1H3/b6-2+. The zero-order chi connectivity index (χ0) is 8.27. The summed E-state index contributed by atoms with van der Waals surface area (Å²) in [5, 5.41) is 0.649. The molecule has 1 aromatic heterocycles. The van der Waals surface area contributed by atoms with E-state index in [1.807, 2.05) is 6.92 Å². The highest BCUT2D eigenvalue weighted by Crippen LogP contribution is 2.01. The van der Waals surface area contributed by atoms with Crippen LogP contribution < -0.4 is 5.56 Å². The summed E-state index contributed by atoms with van der Waals surface area (Å²) < 4.78 is 1.48. The Morgan fingerprint density at radius 1 is 1.55 bits per heavy atom. The highest BCUT2D eigenvalue weighted by molar-refractivity contribution is 7.80. The van der Waals surface area contributed by atoms with Crippen LogP contribution in [0.1, 0.15) is 6.92 Å². The van der Waals surface area contributed by atoms with Gasteiger partial charge >= 0.3 is 0 Å². The molecule has 0 amide bonds. The van der Waals surface area contributed by atoms with Gasteiger partial charge in [0.2, 0.25) is 0 Å². The van der Waals surface area contributed by atoms with Crippen LogP contribution in [0.3, 0.4) is 0 Å². The molecule has 0 aliphatic rings. The average Bonchev–Trinajstić information content (AvgIpc) is 1.97. The van der Waals surface area contributed by atoms with Gasteiger partial charge in [0.15, 0.2) is 0 Å². The Bertz CT molecular complexity index is 327. The maximum absolute atomic E-state index is 11.1. The Kier molecular flexibility index (Phi) is 2.54. The lowest BCUT2D eigenvalue weighted by molar-refractivity contribution is 0.932. The SMILES string of the molecule is C/C=C/n1c(S)cccc1=O. The number of rotatable bonds is 1. The molecular formula is C8H9NOS. The third-order valence-electron chi connectivity index (χ3n) is 1.27. The lowest BCUT2D eigenvalue weighted by Crippen LogP contribution is -2.13. The molecular weight excluding hydrogens is 158 g/mol. The number of aromatic nitrogens is 1. The van der Waals surface area contributed by atoms with Crippen LogP contribution in [-0.2, 0) is 0 Å². The van der Waals surface area contributed by atoms with Crippen molar-refractivity contribution in [1.29, 1.82) is 0 Å². The van der Waals surface area contributed by atoms with E-state index in [0.29, 0.717) is 5.03 Å². The van der Waals surface area contributed by atoms with Crippen molar-refractivity contribution in [2.75, 3.05) is 0 Å². The lowest BCUT2D eigenvalue weighted by atomic mass is 10.5. The fourth-order valence-electron chi connectivity index (χ4n) is 0.789. The third-order valence-corrected chi connectivity index (χ3v) is 1.63. The van der Waals surface area contributed by atoms with Gasteiger partial charge in [-0.3, -0.25) is 9.36 Å². The molecule has 0 fully saturated rings. The van der Waals surface area contributed by atoms with Crippen LogP contribution in [0.5, 0.6) is 0 Å². The maximum Gasteiger partial charge on any atom is 0.255 e. The normalized spacial score (nSPS) is 10.7. The van der Waals surface area contributed by atoms with Crippen molar-refractivity contribution >= 4 is 18.8 Å². The first-order valence-electron chi connectivity index (χ1n) is 3.29. The smallest absolute Gasteiger partial charge is 0.255 e. The second kappa shape index (κ2) is 3.44. The Morgan fingerprint density at radius 3 is 2.82 bits per heavy atom. The van der Waals surface area contributed by atoms with Crippen LogP contribution in [0, 0.1) is 0 Å². The largest absolute Gasteiger partial charge is 0.279 e. The van der Waals surface area contributed by atoms with Gasteiger partial charge in [-0.1, -0.05) is 12.1 Å². The second-order valence-corrected chi connectivity index (χ2v) is 2.53. The van der Waals surface area contributed by atoms with Crippen molar-refractivity contribution in [2.24, 2.45) is 0 Å². The molecule has 2 nitrogen and oxygen atoms in total. The molecule has 0 radical (unpaired) electrons. The van der Waals surface area contributed by atoms with Gasteiger partial charge in [-0.15, -0.1) is 12.6 Å². The van der Waals surface area contributed by atoms with E-state index in [1.165, 1.54) is 10.6 Å². The van der Waals surface area contributed by atoms with Crippen LogP contribution >= 0.6 is 12.6 Å².